The molecule has 1 aliphatic rings. The number of ether oxygens (including phenoxy) is 2. The summed E-state index contributed by atoms with van der Waals surface area (Å²) in [5.41, 5.74) is -2.21. The number of benzene rings is 2. The van der Waals surface area contributed by atoms with Gasteiger partial charge in [-0.05, 0) is 48.4 Å². The van der Waals surface area contributed by atoms with Crippen molar-refractivity contribution in [2.75, 3.05) is 21.0 Å². The number of amides is 2. The molecule has 2 aromatic carbocycles. The van der Waals surface area contributed by atoms with E-state index >= 15 is 0 Å². The Labute approximate surface area is 203 Å². The molecule has 0 saturated heterocycles. The van der Waals surface area contributed by atoms with Crippen LogP contribution >= 0.6 is 23.2 Å². The van der Waals surface area contributed by atoms with E-state index in [1.165, 1.54) is 31.4 Å². The summed E-state index contributed by atoms with van der Waals surface area (Å²) < 4.78 is 52.0. The zero-order chi connectivity index (χ0) is 25.3. The molecule has 12 heteroatoms. The van der Waals surface area contributed by atoms with Gasteiger partial charge in [-0.2, -0.15) is 13.2 Å². The topological polar surface area (TPSA) is 77.4 Å². The van der Waals surface area contributed by atoms with Gasteiger partial charge in [0.05, 0.1) is 12.8 Å². The molecule has 0 radical (unpaired) electrons. The van der Waals surface area contributed by atoms with Gasteiger partial charge in [-0.15, -0.1) is 0 Å². The molecule has 182 valence electrons. The number of carbonyl (C=O) groups excluding carboxylic acids is 2. The standard InChI is InChI=1S/C22H19Cl2F3N2O5/c1-12-6-13(4-5-17(12)19(30)29(11-32-2)20(31)33-3)18-10-21(34-28-18,22(25,26)27)14-7-15(23)9-16(24)8-14/h4-9H,10-11H2,1-3H3/t21-/m1/s1. The first-order chi connectivity index (χ1) is 15.9. The number of alkyl halides is 3. The first-order valence-corrected chi connectivity index (χ1v) is 10.5. The number of imide groups is 1. The van der Waals surface area contributed by atoms with Crippen molar-refractivity contribution in [3.63, 3.8) is 0 Å². The maximum Gasteiger partial charge on any atom is 0.435 e. The Kier molecular flexibility index (Phi) is 7.44. The van der Waals surface area contributed by atoms with E-state index < -0.39 is 30.2 Å². The quantitative estimate of drug-likeness (QED) is 0.474. The van der Waals surface area contributed by atoms with Crippen LogP contribution in [0.5, 0.6) is 0 Å². The Bertz CT molecular complexity index is 1140. The molecule has 0 aromatic heterocycles. The molecular formula is C22H19Cl2F3N2O5. The first kappa shape index (κ1) is 25.8. The fourth-order valence-corrected chi connectivity index (χ4v) is 4.03. The molecule has 1 heterocycles. The first-order valence-electron chi connectivity index (χ1n) is 9.71. The van der Waals surface area contributed by atoms with Crippen molar-refractivity contribution in [2.45, 2.75) is 25.1 Å². The Morgan fingerprint density at radius 1 is 1.15 bits per heavy atom. The van der Waals surface area contributed by atoms with Crippen LogP contribution in [0.2, 0.25) is 10.0 Å². The SMILES string of the molecule is COCN(C(=O)OC)C(=O)c1ccc(C2=NO[C@](c3cc(Cl)cc(Cl)c3)(C(F)(F)F)C2)cc1C. The molecule has 0 saturated carbocycles. The Morgan fingerprint density at radius 2 is 1.79 bits per heavy atom. The van der Waals surface area contributed by atoms with E-state index in [9.17, 15) is 22.8 Å². The third-order valence-corrected chi connectivity index (χ3v) is 5.64. The second-order valence-electron chi connectivity index (χ2n) is 7.44. The van der Waals surface area contributed by atoms with E-state index in [0.29, 0.717) is 11.1 Å². The van der Waals surface area contributed by atoms with Crippen molar-refractivity contribution in [1.29, 1.82) is 0 Å². The van der Waals surface area contributed by atoms with Crippen molar-refractivity contribution in [1.82, 2.24) is 4.90 Å². The molecule has 34 heavy (non-hydrogen) atoms. The predicted molar refractivity (Wildman–Crippen MR) is 118 cm³/mol. The number of halogens is 5. The molecule has 0 aliphatic carbocycles. The van der Waals surface area contributed by atoms with Gasteiger partial charge in [-0.3, -0.25) is 4.79 Å². The lowest BCUT2D eigenvalue weighted by molar-refractivity contribution is -0.275. The number of nitrogens with zero attached hydrogens (tertiary/aromatic N) is 2. The van der Waals surface area contributed by atoms with Crippen LogP contribution in [0, 0.1) is 6.92 Å². The number of hydrogen-bond acceptors (Lipinski definition) is 6. The van der Waals surface area contributed by atoms with Crippen LogP contribution in [0.4, 0.5) is 18.0 Å². The Balaban J connectivity index is 1.94. The van der Waals surface area contributed by atoms with Gasteiger partial charge in [0, 0.05) is 34.7 Å². The fraction of sp³-hybridized carbons (Fsp3) is 0.318. The molecular weight excluding hydrogens is 500 g/mol. The normalized spacial score (nSPS) is 17.7. The van der Waals surface area contributed by atoms with Crippen LogP contribution in [0.25, 0.3) is 0 Å². The lowest BCUT2D eigenvalue weighted by atomic mass is 9.86. The Hall–Kier alpha value is -2.82. The van der Waals surface area contributed by atoms with Crippen molar-refractivity contribution >= 4 is 40.9 Å². The van der Waals surface area contributed by atoms with E-state index in [1.807, 2.05) is 0 Å². The van der Waals surface area contributed by atoms with E-state index in [4.69, 9.17) is 32.8 Å². The minimum atomic E-state index is -4.83. The van der Waals surface area contributed by atoms with Gasteiger partial charge in [-0.1, -0.05) is 34.4 Å². The lowest BCUT2D eigenvalue weighted by Gasteiger charge is -2.29. The third-order valence-electron chi connectivity index (χ3n) is 5.20. The smallest absolute Gasteiger partial charge is 0.435 e. The maximum atomic E-state index is 14.2. The summed E-state index contributed by atoms with van der Waals surface area (Å²) in [6.07, 6.45) is -6.39. The van der Waals surface area contributed by atoms with E-state index in [0.717, 1.165) is 24.1 Å². The van der Waals surface area contributed by atoms with E-state index in [2.05, 4.69) is 9.89 Å². The van der Waals surface area contributed by atoms with Crippen molar-refractivity contribution in [3.05, 3.63) is 68.7 Å². The highest BCUT2D eigenvalue weighted by atomic mass is 35.5. The average molecular weight is 519 g/mol. The van der Waals surface area contributed by atoms with Crippen LogP contribution in [-0.4, -0.2) is 49.7 Å². The number of oxime groups is 1. The monoisotopic (exact) mass is 518 g/mol. The van der Waals surface area contributed by atoms with Gasteiger partial charge in [0.15, 0.2) is 0 Å². The molecule has 0 unspecified atom stereocenters. The van der Waals surface area contributed by atoms with E-state index in [-0.39, 0.29) is 33.6 Å². The number of rotatable bonds is 5. The number of carbonyl (C=O) groups is 2. The van der Waals surface area contributed by atoms with Gasteiger partial charge >= 0.3 is 12.3 Å². The lowest BCUT2D eigenvalue weighted by Crippen LogP contribution is -2.42. The summed E-state index contributed by atoms with van der Waals surface area (Å²) in [6, 6.07) is 7.85. The van der Waals surface area contributed by atoms with Crippen LogP contribution in [-0.2, 0) is 19.9 Å². The summed E-state index contributed by atoms with van der Waals surface area (Å²) in [5, 5.41) is 3.75. The van der Waals surface area contributed by atoms with Crippen molar-refractivity contribution in [2.24, 2.45) is 5.16 Å². The summed E-state index contributed by atoms with van der Waals surface area (Å²) in [4.78, 5) is 30.4. The zero-order valence-electron chi connectivity index (χ0n) is 18.2. The van der Waals surface area contributed by atoms with Gasteiger partial charge in [0.25, 0.3) is 11.5 Å². The highest BCUT2D eigenvalue weighted by molar-refractivity contribution is 6.34. The van der Waals surface area contributed by atoms with Crippen molar-refractivity contribution in [3.8, 4) is 0 Å². The van der Waals surface area contributed by atoms with Gasteiger partial charge in [-0.25, -0.2) is 9.69 Å². The van der Waals surface area contributed by atoms with Crippen molar-refractivity contribution < 1.29 is 37.1 Å². The highest BCUT2D eigenvalue weighted by Gasteiger charge is 2.62. The molecule has 1 atom stereocenters. The second kappa shape index (κ2) is 9.81. The molecule has 1 aliphatic heterocycles. The summed E-state index contributed by atoms with van der Waals surface area (Å²) in [6.45, 7) is 1.23. The predicted octanol–water partition coefficient (Wildman–Crippen LogP) is 5.70. The second-order valence-corrected chi connectivity index (χ2v) is 8.31. The largest absolute Gasteiger partial charge is 0.452 e. The van der Waals surface area contributed by atoms with Crippen LogP contribution in [0.15, 0.2) is 41.6 Å². The molecule has 0 spiro atoms. The summed E-state index contributed by atoms with van der Waals surface area (Å²) >= 11 is 11.8. The molecule has 2 aromatic rings. The summed E-state index contributed by atoms with van der Waals surface area (Å²) in [7, 11) is 2.42. The molecule has 0 bridgehead atoms. The molecule has 7 nitrogen and oxygen atoms in total. The van der Waals surface area contributed by atoms with Crippen LogP contribution in [0.1, 0.15) is 33.5 Å². The average Bonchev–Trinajstić information content (AvgIpc) is 3.23. The third kappa shape index (κ3) is 4.84. The van der Waals surface area contributed by atoms with Gasteiger partial charge in [0.2, 0.25) is 0 Å². The van der Waals surface area contributed by atoms with E-state index in [1.54, 1.807) is 6.92 Å². The number of methoxy groups -OCH3 is 2. The molecule has 3 rings (SSSR count). The summed E-state index contributed by atoms with van der Waals surface area (Å²) in [5.74, 6) is -0.694. The van der Waals surface area contributed by atoms with Crippen LogP contribution < -0.4 is 0 Å². The number of aryl methyl sites for hydroxylation is 1. The fourth-order valence-electron chi connectivity index (χ4n) is 3.51. The van der Waals surface area contributed by atoms with Gasteiger partial charge in [0.1, 0.15) is 6.73 Å². The molecule has 0 fully saturated rings. The van der Waals surface area contributed by atoms with Crippen LogP contribution in [0.3, 0.4) is 0 Å². The van der Waals surface area contributed by atoms with Gasteiger partial charge < -0.3 is 14.3 Å². The minimum absolute atomic E-state index is 0.0113. The zero-order valence-corrected chi connectivity index (χ0v) is 19.7. The highest BCUT2D eigenvalue weighted by Crippen LogP contribution is 2.49. The molecule has 2 amide bonds. The molecule has 0 N–H and O–H groups in total. The minimum Gasteiger partial charge on any atom is -0.452 e. The Morgan fingerprint density at radius 3 is 2.32 bits per heavy atom. The number of hydrogen-bond donors (Lipinski definition) is 0. The maximum absolute atomic E-state index is 14.2.